The highest BCUT2D eigenvalue weighted by atomic mass is 16.5. The van der Waals surface area contributed by atoms with E-state index in [2.05, 4.69) is 5.32 Å². The van der Waals surface area contributed by atoms with Gasteiger partial charge in [0, 0.05) is 13.1 Å². The van der Waals surface area contributed by atoms with Crippen LogP contribution in [0.25, 0.3) is 0 Å². The van der Waals surface area contributed by atoms with Gasteiger partial charge in [-0.25, -0.2) is 5.32 Å². The summed E-state index contributed by atoms with van der Waals surface area (Å²) in [5.41, 5.74) is 5.25. The maximum Gasteiger partial charge on any atom is 0.113 e. The zero-order chi connectivity index (χ0) is 5.11. The van der Waals surface area contributed by atoms with Crippen LogP contribution in [0.2, 0.25) is 0 Å². The van der Waals surface area contributed by atoms with Gasteiger partial charge in [0.25, 0.3) is 0 Å². The summed E-state index contributed by atoms with van der Waals surface area (Å²) in [5, 5.41) is 3.93. The number of rotatable bonds is 1. The number of hydrogen-bond donors (Lipinski definition) is 1. The number of nitrogens with two attached hydrogens (primary N) is 1. The second kappa shape index (κ2) is 2.26. The summed E-state index contributed by atoms with van der Waals surface area (Å²) in [6.07, 6.45) is 0.208. The fourth-order valence-electron chi connectivity index (χ4n) is 0.550. The zero-order valence-corrected chi connectivity index (χ0v) is 4.13. The van der Waals surface area contributed by atoms with Crippen LogP contribution < -0.4 is 11.1 Å². The number of hydrogen-bond acceptors (Lipinski definition) is 2. The summed E-state index contributed by atoms with van der Waals surface area (Å²) in [5.74, 6) is 0. The first-order chi connectivity index (χ1) is 3.43. The van der Waals surface area contributed by atoms with Crippen LogP contribution in [0.4, 0.5) is 0 Å². The van der Waals surface area contributed by atoms with Crippen molar-refractivity contribution >= 4 is 0 Å². The van der Waals surface area contributed by atoms with Crippen LogP contribution in [0.1, 0.15) is 0 Å². The average molecular weight is 101 g/mol. The standard InChI is InChI=1S/C4H9N2O/c5-1-4-2-6-3-7-4/h4H,1-3,5H2. The van der Waals surface area contributed by atoms with Crippen LogP contribution in [0.15, 0.2) is 0 Å². The summed E-state index contributed by atoms with van der Waals surface area (Å²) in [6.45, 7) is 1.93. The summed E-state index contributed by atoms with van der Waals surface area (Å²) >= 11 is 0. The Bertz CT molecular complexity index is 51.7. The normalized spacial score (nSPS) is 31.3. The largest absolute Gasteiger partial charge is 0.359 e. The van der Waals surface area contributed by atoms with E-state index in [1.807, 2.05) is 0 Å². The quantitative estimate of drug-likeness (QED) is 0.456. The van der Waals surface area contributed by atoms with E-state index in [1.165, 1.54) is 0 Å². The molecule has 0 aromatic rings. The molecule has 1 aliphatic rings. The molecule has 0 bridgehead atoms. The predicted molar refractivity (Wildman–Crippen MR) is 25.8 cm³/mol. The minimum absolute atomic E-state index is 0.208. The van der Waals surface area contributed by atoms with E-state index >= 15 is 0 Å². The molecule has 1 radical (unpaired) electrons. The monoisotopic (exact) mass is 101 g/mol. The van der Waals surface area contributed by atoms with E-state index in [9.17, 15) is 0 Å². The summed E-state index contributed by atoms with van der Waals surface area (Å²) < 4.78 is 5.01. The van der Waals surface area contributed by atoms with Gasteiger partial charge in [-0.1, -0.05) is 0 Å². The lowest BCUT2D eigenvalue weighted by Gasteiger charge is -1.99. The molecule has 1 aliphatic heterocycles. The first-order valence-corrected chi connectivity index (χ1v) is 2.38. The smallest absolute Gasteiger partial charge is 0.113 e. The first-order valence-electron chi connectivity index (χ1n) is 2.38. The second-order valence-corrected chi connectivity index (χ2v) is 1.56. The Morgan fingerprint density at radius 2 is 2.71 bits per heavy atom. The van der Waals surface area contributed by atoms with Crippen LogP contribution in [-0.4, -0.2) is 25.9 Å². The van der Waals surface area contributed by atoms with Crippen molar-refractivity contribution in [1.82, 2.24) is 5.32 Å². The Morgan fingerprint density at radius 3 is 3.00 bits per heavy atom. The van der Waals surface area contributed by atoms with Crippen LogP contribution in [-0.2, 0) is 4.74 Å². The highest BCUT2D eigenvalue weighted by molar-refractivity contribution is 4.64. The van der Waals surface area contributed by atoms with Gasteiger partial charge in [-0.2, -0.15) is 0 Å². The van der Waals surface area contributed by atoms with Gasteiger partial charge in [0.05, 0.1) is 6.10 Å². The lowest BCUT2D eigenvalue weighted by Crippen LogP contribution is -2.22. The average Bonchev–Trinajstić information content (AvgIpc) is 2.14. The molecule has 0 saturated carbocycles. The molecule has 3 nitrogen and oxygen atoms in total. The fourth-order valence-corrected chi connectivity index (χ4v) is 0.550. The molecular formula is C4H9N2O. The molecule has 41 valence electrons. The molecular weight excluding hydrogens is 92.1 g/mol. The van der Waals surface area contributed by atoms with Gasteiger partial charge >= 0.3 is 0 Å². The summed E-state index contributed by atoms with van der Waals surface area (Å²) in [7, 11) is 0. The summed E-state index contributed by atoms with van der Waals surface area (Å²) in [4.78, 5) is 0. The Morgan fingerprint density at radius 1 is 1.86 bits per heavy atom. The molecule has 1 heterocycles. The number of ether oxygens (including phenoxy) is 1. The van der Waals surface area contributed by atoms with Gasteiger partial charge < -0.3 is 10.5 Å². The van der Waals surface area contributed by atoms with Crippen LogP contribution in [0, 0.1) is 0 Å². The lowest BCUT2D eigenvalue weighted by atomic mass is 10.4. The SMILES string of the molecule is NCC1C[N]CO1. The molecule has 2 N–H and O–H groups in total. The van der Waals surface area contributed by atoms with Crippen LogP contribution in [0.3, 0.4) is 0 Å². The van der Waals surface area contributed by atoms with Crippen molar-refractivity contribution < 1.29 is 4.74 Å². The fraction of sp³-hybridized carbons (Fsp3) is 1.00. The van der Waals surface area contributed by atoms with Crippen molar-refractivity contribution in [3.8, 4) is 0 Å². The Labute approximate surface area is 42.8 Å². The van der Waals surface area contributed by atoms with E-state index in [1.54, 1.807) is 0 Å². The Kier molecular flexibility index (Phi) is 1.62. The maximum absolute atomic E-state index is 5.25. The molecule has 0 aromatic carbocycles. The molecule has 7 heavy (non-hydrogen) atoms. The summed E-state index contributed by atoms with van der Waals surface area (Å²) in [6, 6.07) is 0. The predicted octanol–water partition coefficient (Wildman–Crippen LogP) is -1.09. The first kappa shape index (κ1) is 5.03. The Hall–Kier alpha value is -0.120. The molecule has 0 amide bonds. The minimum atomic E-state index is 0.208. The van der Waals surface area contributed by atoms with Crippen molar-refractivity contribution in [3.05, 3.63) is 0 Å². The van der Waals surface area contributed by atoms with Gasteiger partial charge in [-0.15, -0.1) is 0 Å². The minimum Gasteiger partial charge on any atom is -0.359 e. The van der Waals surface area contributed by atoms with Crippen molar-refractivity contribution in [1.29, 1.82) is 0 Å². The number of nitrogens with zero attached hydrogens (tertiary/aromatic N) is 1. The van der Waals surface area contributed by atoms with E-state index in [0.29, 0.717) is 13.3 Å². The van der Waals surface area contributed by atoms with E-state index in [4.69, 9.17) is 10.5 Å². The van der Waals surface area contributed by atoms with Gasteiger partial charge in [0.1, 0.15) is 6.73 Å². The van der Waals surface area contributed by atoms with E-state index < -0.39 is 0 Å². The molecule has 3 heteroatoms. The second-order valence-electron chi connectivity index (χ2n) is 1.56. The van der Waals surface area contributed by atoms with Crippen molar-refractivity contribution in [3.63, 3.8) is 0 Å². The van der Waals surface area contributed by atoms with Gasteiger partial charge in [-0.05, 0) is 0 Å². The van der Waals surface area contributed by atoms with Gasteiger partial charge in [0.2, 0.25) is 0 Å². The van der Waals surface area contributed by atoms with Crippen LogP contribution >= 0.6 is 0 Å². The highest BCUT2D eigenvalue weighted by Crippen LogP contribution is 1.93. The molecule has 0 aliphatic carbocycles. The highest BCUT2D eigenvalue weighted by Gasteiger charge is 2.12. The zero-order valence-electron chi connectivity index (χ0n) is 4.13. The lowest BCUT2D eigenvalue weighted by molar-refractivity contribution is 0.119. The van der Waals surface area contributed by atoms with Gasteiger partial charge in [-0.3, -0.25) is 0 Å². The van der Waals surface area contributed by atoms with E-state index in [0.717, 1.165) is 6.54 Å². The molecule has 1 rings (SSSR count). The maximum atomic E-state index is 5.25. The van der Waals surface area contributed by atoms with Crippen LogP contribution in [0.5, 0.6) is 0 Å². The third-order valence-electron chi connectivity index (χ3n) is 0.997. The molecule has 1 unspecified atom stereocenters. The van der Waals surface area contributed by atoms with Crippen molar-refractivity contribution in [2.75, 3.05) is 19.8 Å². The third kappa shape index (κ3) is 1.12. The van der Waals surface area contributed by atoms with Crippen molar-refractivity contribution in [2.24, 2.45) is 5.73 Å². The topological polar surface area (TPSA) is 49.4 Å². The molecule has 0 spiro atoms. The van der Waals surface area contributed by atoms with Gasteiger partial charge in [0.15, 0.2) is 0 Å². The Balaban J connectivity index is 2.14. The third-order valence-corrected chi connectivity index (χ3v) is 0.997. The molecule has 1 fully saturated rings. The van der Waals surface area contributed by atoms with E-state index in [-0.39, 0.29) is 6.10 Å². The molecule has 1 saturated heterocycles. The van der Waals surface area contributed by atoms with Crippen molar-refractivity contribution in [2.45, 2.75) is 6.10 Å². The molecule has 1 atom stereocenters. The molecule has 0 aromatic heterocycles.